The summed E-state index contributed by atoms with van der Waals surface area (Å²) in [5, 5.41) is 9.05. The van der Waals surface area contributed by atoms with Crippen LogP contribution in [0.5, 0.6) is 5.75 Å². The number of aliphatic hydroxyl groups is 1. The van der Waals surface area contributed by atoms with E-state index in [0.717, 1.165) is 21.3 Å². The van der Waals surface area contributed by atoms with E-state index in [-0.39, 0.29) is 6.61 Å². The highest BCUT2D eigenvalue weighted by Gasteiger charge is 2.07. The Balaban J connectivity index is 3.25. The molecule has 1 N–H and O–H groups in total. The molecule has 12 heavy (non-hydrogen) atoms. The number of benzene rings is 1. The van der Waals surface area contributed by atoms with Crippen LogP contribution >= 0.6 is 15.9 Å². The Labute approximate surface area is 80.3 Å². The van der Waals surface area contributed by atoms with Crippen LogP contribution < -0.4 is 4.74 Å². The van der Waals surface area contributed by atoms with Crippen molar-refractivity contribution in [3.63, 3.8) is 0 Å². The van der Waals surface area contributed by atoms with Gasteiger partial charge in [0.1, 0.15) is 5.75 Å². The normalized spacial score (nSPS) is 10.0. The first-order chi connectivity index (χ1) is 5.70. The standard InChI is InChI=1S/C9H11BrO2/c1-6-7(5-11)9(12-2)4-3-8(6)10/h3-4,11H,5H2,1-2H3. The van der Waals surface area contributed by atoms with Crippen LogP contribution in [0, 0.1) is 6.92 Å². The van der Waals surface area contributed by atoms with Gasteiger partial charge in [-0.1, -0.05) is 15.9 Å². The van der Waals surface area contributed by atoms with Gasteiger partial charge in [0.05, 0.1) is 13.7 Å². The van der Waals surface area contributed by atoms with Gasteiger partial charge in [-0.25, -0.2) is 0 Å². The Hall–Kier alpha value is -0.540. The lowest BCUT2D eigenvalue weighted by molar-refractivity contribution is 0.273. The Morgan fingerprint density at radius 1 is 1.50 bits per heavy atom. The molecule has 0 saturated heterocycles. The fourth-order valence-electron chi connectivity index (χ4n) is 1.09. The van der Waals surface area contributed by atoms with Crippen LogP contribution in [0.25, 0.3) is 0 Å². The summed E-state index contributed by atoms with van der Waals surface area (Å²) in [6, 6.07) is 3.75. The van der Waals surface area contributed by atoms with Gasteiger partial charge in [0.2, 0.25) is 0 Å². The van der Waals surface area contributed by atoms with Crippen molar-refractivity contribution in [1.82, 2.24) is 0 Å². The van der Waals surface area contributed by atoms with Crippen LogP contribution in [0.3, 0.4) is 0 Å². The fraction of sp³-hybridized carbons (Fsp3) is 0.333. The molecule has 0 saturated carbocycles. The summed E-state index contributed by atoms with van der Waals surface area (Å²) in [5.74, 6) is 0.734. The highest BCUT2D eigenvalue weighted by Crippen LogP contribution is 2.27. The Morgan fingerprint density at radius 3 is 2.67 bits per heavy atom. The lowest BCUT2D eigenvalue weighted by Gasteiger charge is -2.10. The van der Waals surface area contributed by atoms with Crippen LogP contribution in [0.1, 0.15) is 11.1 Å². The average molecular weight is 231 g/mol. The predicted octanol–water partition coefficient (Wildman–Crippen LogP) is 2.26. The van der Waals surface area contributed by atoms with Crippen LogP contribution in [-0.4, -0.2) is 12.2 Å². The molecule has 1 rings (SSSR count). The van der Waals surface area contributed by atoms with Gasteiger partial charge in [-0.05, 0) is 24.6 Å². The van der Waals surface area contributed by atoms with Gasteiger partial charge in [-0.3, -0.25) is 0 Å². The summed E-state index contributed by atoms with van der Waals surface area (Å²) >= 11 is 3.38. The number of methoxy groups -OCH3 is 1. The van der Waals surface area contributed by atoms with E-state index in [0.29, 0.717) is 0 Å². The van der Waals surface area contributed by atoms with Crippen molar-refractivity contribution in [2.24, 2.45) is 0 Å². The maximum Gasteiger partial charge on any atom is 0.124 e. The molecule has 66 valence electrons. The molecule has 0 amide bonds. The van der Waals surface area contributed by atoms with Crippen molar-refractivity contribution in [3.8, 4) is 5.75 Å². The van der Waals surface area contributed by atoms with Gasteiger partial charge in [-0.2, -0.15) is 0 Å². The van der Waals surface area contributed by atoms with Gasteiger partial charge >= 0.3 is 0 Å². The summed E-state index contributed by atoms with van der Waals surface area (Å²) in [6.45, 7) is 1.95. The molecule has 1 aromatic rings. The molecule has 0 aliphatic heterocycles. The molecule has 1 aromatic carbocycles. The van der Waals surface area contributed by atoms with E-state index in [1.54, 1.807) is 7.11 Å². The van der Waals surface area contributed by atoms with Crippen LogP contribution in [0.4, 0.5) is 0 Å². The van der Waals surface area contributed by atoms with E-state index >= 15 is 0 Å². The van der Waals surface area contributed by atoms with E-state index in [1.165, 1.54) is 0 Å². The van der Waals surface area contributed by atoms with E-state index in [4.69, 9.17) is 9.84 Å². The highest BCUT2D eigenvalue weighted by molar-refractivity contribution is 9.10. The second kappa shape index (κ2) is 3.92. The molecule has 0 radical (unpaired) electrons. The number of rotatable bonds is 2. The maximum absolute atomic E-state index is 9.05. The summed E-state index contributed by atoms with van der Waals surface area (Å²) in [6.07, 6.45) is 0. The molecule has 0 fully saturated rings. The molecular weight excluding hydrogens is 220 g/mol. The summed E-state index contributed by atoms with van der Waals surface area (Å²) < 4.78 is 6.08. The third-order valence-corrected chi connectivity index (χ3v) is 2.73. The van der Waals surface area contributed by atoms with Gasteiger partial charge < -0.3 is 9.84 Å². The van der Waals surface area contributed by atoms with Crippen LogP contribution in [-0.2, 0) is 6.61 Å². The van der Waals surface area contributed by atoms with Crippen molar-refractivity contribution in [3.05, 3.63) is 27.7 Å². The van der Waals surface area contributed by atoms with Crippen molar-refractivity contribution in [2.75, 3.05) is 7.11 Å². The smallest absolute Gasteiger partial charge is 0.124 e. The monoisotopic (exact) mass is 230 g/mol. The zero-order chi connectivity index (χ0) is 9.14. The molecule has 0 heterocycles. The third-order valence-electron chi connectivity index (χ3n) is 1.87. The summed E-state index contributed by atoms with van der Waals surface area (Å²) in [7, 11) is 1.60. The second-order valence-corrected chi connectivity index (χ2v) is 3.37. The number of aliphatic hydroxyl groups excluding tert-OH is 1. The largest absolute Gasteiger partial charge is 0.496 e. The van der Waals surface area contributed by atoms with E-state index in [9.17, 15) is 0 Å². The minimum absolute atomic E-state index is 0.00838. The molecule has 0 aliphatic carbocycles. The fourth-order valence-corrected chi connectivity index (χ4v) is 1.46. The molecule has 0 bridgehead atoms. The summed E-state index contributed by atoms with van der Waals surface area (Å²) in [4.78, 5) is 0. The Bertz CT molecular complexity index is 284. The SMILES string of the molecule is COc1ccc(Br)c(C)c1CO. The minimum atomic E-state index is 0.00838. The zero-order valence-corrected chi connectivity index (χ0v) is 8.68. The first-order valence-corrected chi connectivity index (χ1v) is 4.42. The van der Waals surface area contributed by atoms with Crippen LogP contribution in [0.15, 0.2) is 16.6 Å². The number of hydrogen-bond acceptors (Lipinski definition) is 2. The molecule has 0 aliphatic rings. The predicted molar refractivity (Wildman–Crippen MR) is 51.4 cm³/mol. The van der Waals surface area contributed by atoms with E-state index < -0.39 is 0 Å². The third kappa shape index (κ3) is 1.62. The van der Waals surface area contributed by atoms with Gasteiger partial charge in [0.15, 0.2) is 0 Å². The number of ether oxygens (including phenoxy) is 1. The Morgan fingerprint density at radius 2 is 2.17 bits per heavy atom. The van der Waals surface area contributed by atoms with Crippen molar-refractivity contribution < 1.29 is 9.84 Å². The first kappa shape index (κ1) is 9.55. The average Bonchev–Trinajstić information content (AvgIpc) is 2.09. The molecule has 0 atom stereocenters. The molecule has 3 heteroatoms. The van der Waals surface area contributed by atoms with Crippen molar-refractivity contribution in [1.29, 1.82) is 0 Å². The van der Waals surface area contributed by atoms with Gasteiger partial charge in [0, 0.05) is 10.0 Å². The van der Waals surface area contributed by atoms with Crippen molar-refractivity contribution >= 4 is 15.9 Å². The van der Waals surface area contributed by atoms with E-state index in [2.05, 4.69) is 15.9 Å². The molecular formula is C9H11BrO2. The molecule has 0 spiro atoms. The van der Waals surface area contributed by atoms with Gasteiger partial charge in [-0.15, -0.1) is 0 Å². The molecule has 0 aromatic heterocycles. The topological polar surface area (TPSA) is 29.5 Å². The number of hydrogen-bond donors (Lipinski definition) is 1. The molecule has 0 unspecified atom stereocenters. The maximum atomic E-state index is 9.05. The second-order valence-electron chi connectivity index (χ2n) is 2.51. The first-order valence-electron chi connectivity index (χ1n) is 3.63. The van der Waals surface area contributed by atoms with E-state index in [1.807, 2.05) is 19.1 Å². The number of halogens is 1. The lowest BCUT2D eigenvalue weighted by Crippen LogP contribution is -1.95. The Kier molecular flexibility index (Phi) is 3.12. The zero-order valence-electron chi connectivity index (χ0n) is 7.10. The quantitative estimate of drug-likeness (QED) is 0.845. The minimum Gasteiger partial charge on any atom is -0.496 e. The van der Waals surface area contributed by atoms with Crippen LogP contribution in [0.2, 0.25) is 0 Å². The molecule has 2 nitrogen and oxygen atoms in total. The summed E-state index contributed by atoms with van der Waals surface area (Å²) in [5.41, 5.74) is 1.86. The highest BCUT2D eigenvalue weighted by atomic mass is 79.9. The lowest BCUT2D eigenvalue weighted by atomic mass is 10.1. The van der Waals surface area contributed by atoms with Gasteiger partial charge in [0.25, 0.3) is 0 Å². The van der Waals surface area contributed by atoms with Crippen molar-refractivity contribution in [2.45, 2.75) is 13.5 Å².